The van der Waals surface area contributed by atoms with E-state index < -0.39 is 11.5 Å². The lowest BCUT2D eigenvalue weighted by Gasteiger charge is -2.28. The summed E-state index contributed by atoms with van der Waals surface area (Å²) in [5.74, 6) is 0.0517. The number of halogens is 1. The highest BCUT2D eigenvalue weighted by Gasteiger charge is 2.53. The molecule has 0 saturated heterocycles. The lowest BCUT2D eigenvalue weighted by Crippen LogP contribution is -2.52. The summed E-state index contributed by atoms with van der Waals surface area (Å²) in [4.78, 5) is 10.8. The number of carbonyl (C=O) groups is 1. The Balaban J connectivity index is 0.000000720. The van der Waals surface area contributed by atoms with Crippen LogP contribution >= 0.6 is 12.4 Å². The molecule has 0 spiro atoms. The predicted molar refractivity (Wildman–Crippen MR) is 47.3 cm³/mol. The zero-order chi connectivity index (χ0) is 8.06. The van der Waals surface area contributed by atoms with Crippen LogP contribution in [0.2, 0.25) is 0 Å². The first-order valence-electron chi connectivity index (χ1n) is 4.15. The van der Waals surface area contributed by atoms with Crippen molar-refractivity contribution in [1.29, 1.82) is 0 Å². The third kappa shape index (κ3) is 1.12. The van der Waals surface area contributed by atoms with Gasteiger partial charge in [0.25, 0.3) is 0 Å². The van der Waals surface area contributed by atoms with Crippen LogP contribution < -0.4 is 5.73 Å². The molecule has 2 aliphatic rings. The Morgan fingerprint density at radius 2 is 2.17 bits per heavy atom. The summed E-state index contributed by atoms with van der Waals surface area (Å²) >= 11 is 0. The number of nitrogens with two attached hydrogens (primary N) is 1. The zero-order valence-corrected chi connectivity index (χ0v) is 7.64. The van der Waals surface area contributed by atoms with Gasteiger partial charge in [-0.05, 0) is 31.1 Å². The second-order valence-corrected chi connectivity index (χ2v) is 3.93. The Morgan fingerprint density at radius 3 is 2.42 bits per heavy atom. The summed E-state index contributed by atoms with van der Waals surface area (Å²) in [6.45, 7) is 0. The highest BCUT2D eigenvalue weighted by Crippen LogP contribution is 2.49. The van der Waals surface area contributed by atoms with Crippen molar-refractivity contribution in [2.24, 2.45) is 17.6 Å². The zero-order valence-electron chi connectivity index (χ0n) is 6.82. The molecule has 12 heavy (non-hydrogen) atoms. The van der Waals surface area contributed by atoms with E-state index in [4.69, 9.17) is 10.8 Å². The molecule has 0 aliphatic heterocycles. The number of carboxylic acids is 1. The van der Waals surface area contributed by atoms with E-state index in [0.29, 0.717) is 12.3 Å². The summed E-state index contributed by atoms with van der Waals surface area (Å²) in [5, 5.41) is 8.87. The molecule has 2 bridgehead atoms. The minimum absolute atomic E-state index is 0. The Morgan fingerprint density at radius 1 is 1.50 bits per heavy atom. The van der Waals surface area contributed by atoms with Crippen LogP contribution in [-0.2, 0) is 4.79 Å². The minimum atomic E-state index is -0.872. The molecule has 2 unspecified atom stereocenters. The molecule has 2 rings (SSSR count). The fourth-order valence-electron chi connectivity index (χ4n) is 2.63. The highest BCUT2D eigenvalue weighted by atomic mass is 35.5. The third-order valence-corrected chi connectivity index (χ3v) is 3.29. The molecular weight excluding hydrogens is 178 g/mol. The molecule has 0 heterocycles. The van der Waals surface area contributed by atoms with Crippen LogP contribution in [0.4, 0.5) is 0 Å². The van der Waals surface area contributed by atoms with Crippen LogP contribution in [0.1, 0.15) is 25.7 Å². The van der Waals surface area contributed by atoms with Crippen molar-refractivity contribution in [1.82, 2.24) is 0 Å². The Kier molecular flexibility index (Phi) is 2.36. The van der Waals surface area contributed by atoms with E-state index in [-0.39, 0.29) is 18.3 Å². The molecule has 3 N–H and O–H groups in total. The number of hydrogen-bond acceptors (Lipinski definition) is 2. The minimum Gasteiger partial charge on any atom is -0.480 e. The molecule has 0 aromatic rings. The first-order valence-corrected chi connectivity index (χ1v) is 4.15. The Hall–Kier alpha value is -0.280. The fraction of sp³-hybridized carbons (Fsp3) is 0.875. The lowest BCUT2D eigenvalue weighted by atomic mass is 9.82. The normalized spacial score (nSPS) is 44.1. The molecule has 3 nitrogen and oxygen atoms in total. The van der Waals surface area contributed by atoms with Crippen LogP contribution in [0, 0.1) is 11.8 Å². The molecule has 4 heteroatoms. The largest absolute Gasteiger partial charge is 0.480 e. The van der Waals surface area contributed by atoms with Gasteiger partial charge in [0.15, 0.2) is 0 Å². The average Bonchev–Trinajstić information content (AvgIpc) is 2.45. The van der Waals surface area contributed by atoms with Gasteiger partial charge < -0.3 is 10.8 Å². The molecule has 0 aromatic carbocycles. The van der Waals surface area contributed by atoms with Crippen molar-refractivity contribution in [3.8, 4) is 0 Å². The lowest BCUT2D eigenvalue weighted by molar-refractivity contribution is -0.145. The summed E-state index contributed by atoms with van der Waals surface area (Å²) in [6, 6.07) is 0. The number of fused-ring (bicyclic) bond motifs is 2. The standard InChI is InChI=1S/C8H13NO2.ClH/c9-8(7(10)11)4-5-1-2-6(8)3-5;/h5-6H,1-4,9H2,(H,10,11);1H/t5?,6?,8-;/m1./s1. The molecular formula is C8H14ClNO2. The van der Waals surface area contributed by atoms with Gasteiger partial charge in [0.05, 0.1) is 0 Å². The van der Waals surface area contributed by atoms with Gasteiger partial charge in [-0.15, -0.1) is 12.4 Å². The van der Waals surface area contributed by atoms with Crippen molar-refractivity contribution in [3.63, 3.8) is 0 Å². The van der Waals surface area contributed by atoms with Gasteiger partial charge in [0.1, 0.15) is 5.54 Å². The number of hydrogen-bond donors (Lipinski definition) is 2. The van der Waals surface area contributed by atoms with E-state index >= 15 is 0 Å². The van der Waals surface area contributed by atoms with E-state index in [1.165, 1.54) is 6.42 Å². The van der Waals surface area contributed by atoms with Gasteiger partial charge in [-0.2, -0.15) is 0 Å². The van der Waals surface area contributed by atoms with Gasteiger partial charge in [-0.3, -0.25) is 4.79 Å². The second kappa shape index (κ2) is 2.89. The molecule has 2 saturated carbocycles. The van der Waals surface area contributed by atoms with E-state index in [9.17, 15) is 4.79 Å². The van der Waals surface area contributed by atoms with Crippen molar-refractivity contribution in [3.05, 3.63) is 0 Å². The van der Waals surface area contributed by atoms with Crippen LogP contribution in [-0.4, -0.2) is 16.6 Å². The second-order valence-electron chi connectivity index (χ2n) is 3.93. The van der Waals surface area contributed by atoms with Gasteiger partial charge in [-0.1, -0.05) is 6.42 Å². The third-order valence-electron chi connectivity index (χ3n) is 3.29. The molecule has 2 aliphatic carbocycles. The van der Waals surface area contributed by atoms with E-state index in [1.807, 2.05) is 0 Å². The maximum atomic E-state index is 10.8. The molecule has 0 amide bonds. The number of aliphatic carboxylic acids is 1. The van der Waals surface area contributed by atoms with Gasteiger partial charge >= 0.3 is 5.97 Å². The molecule has 2 fully saturated rings. The van der Waals surface area contributed by atoms with E-state index in [1.54, 1.807) is 0 Å². The summed E-state index contributed by atoms with van der Waals surface area (Å²) in [7, 11) is 0. The van der Waals surface area contributed by atoms with E-state index in [2.05, 4.69) is 0 Å². The average molecular weight is 192 g/mol. The van der Waals surface area contributed by atoms with Crippen LogP contribution in [0.5, 0.6) is 0 Å². The summed E-state index contributed by atoms with van der Waals surface area (Å²) in [5.41, 5.74) is 4.92. The molecule has 0 aromatic heterocycles. The maximum absolute atomic E-state index is 10.8. The van der Waals surface area contributed by atoms with Crippen LogP contribution in [0.25, 0.3) is 0 Å². The van der Waals surface area contributed by atoms with Crippen LogP contribution in [0.3, 0.4) is 0 Å². The first kappa shape index (κ1) is 9.81. The Labute approximate surface area is 77.7 Å². The summed E-state index contributed by atoms with van der Waals surface area (Å²) in [6.07, 6.45) is 3.96. The monoisotopic (exact) mass is 191 g/mol. The van der Waals surface area contributed by atoms with Crippen molar-refractivity contribution < 1.29 is 9.90 Å². The van der Waals surface area contributed by atoms with Crippen LogP contribution in [0.15, 0.2) is 0 Å². The van der Waals surface area contributed by atoms with Gasteiger partial charge in [-0.25, -0.2) is 0 Å². The van der Waals surface area contributed by atoms with Gasteiger partial charge in [0, 0.05) is 0 Å². The molecule has 70 valence electrons. The first-order chi connectivity index (χ1) is 5.13. The number of carboxylic acid groups (broad SMARTS) is 1. The smallest absolute Gasteiger partial charge is 0.323 e. The molecule has 0 radical (unpaired) electrons. The van der Waals surface area contributed by atoms with E-state index in [0.717, 1.165) is 12.8 Å². The van der Waals surface area contributed by atoms with Gasteiger partial charge in [0.2, 0.25) is 0 Å². The summed E-state index contributed by atoms with van der Waals surface area (Å²) < 4.78 is 0. The quantitative estimate of drug-likeness (QED) is 0.650. The van der Waals surface area contributed by atoms with Crippen molar-refractivity contribution in [2.45, 2.75) is 31.2 Å². The Bertz CT molecular complexity index is 209. The molecule has 3 atom stereocenters. The fourth-order valence-corrected chi connectivity index (χ4v) is 2.63. The van der Waals surface area contributed by atoms with Crippen molar-refractivity contribution in [2.75, 3.05) is 0 Å². The predicted octanol–water partition coefficient (Wildman–Crippen LogP) is 1.01. The topological polar surface area (TPSA) is 63.3 Å². The highest BCUT2D eigenvalue weighted by molar-refractivity contribution is 5.85. The van der Waals surface area contributed by atoms with Crippen molar-refractivity contribution >= 4 is 18.4 Å². The number of rotatable bonds is 1. The SMILES string of the molecule is Cl.N[C@]1(C(=O)O)CC2CCC1C2. The maximum Gasteiger partial charge on any atom is 0.323 e.